The van der Waals surface area contributed by atoms with Crippen LogP contribution in [0.15, 0.2) is 140 Å². The number of carboxylic acids is 2. The molecule has 0 saturated carbocycles. The third kappa shape index (κ3) is 23.3. The van der Waals surface area contributed by atoms with Crippen LogP contribution in [0.3, 0.4) is 0 Å². The SMILES string of the molecule is CN(C)c1ccc2c(-c3cc(C(=O)NCC#Cc4cn([C@@H]5O[C@H](COP(=O)(O)OP(=O)(O)OP(=O)(O)O)[C@@H](O)[C@H]5O)c(=O)nc4N)ccc3C(=O)[O-])c3ccc(=[N+](C)C)cc-3oc2c1.CN(C)c1ccc2c(-c3ccc(C(=O)NCC#Cc4cn([C@@H]5O[C@H](COP(=O)(O)OP(=O)(O)OP(=O)(O)O)[C@@H](O)[C@H]5O)c(=O)nc4N)cc3C(=O)[O-])c3ccc(=[N+](C)C)cc-3oc2c1. The highest BCUT2D eigenvalue weighted by molar-refractivity contribution is 7.67. The lowest BCUT2D eigenvalue weighted by Crippen LogP contribution is -2.36. The molecule has 2 aromatic heterocycles. The molecule has 2 fully saturated rings. The fourth-order valence-corrected chi connectivity index (χ4v) is 19.0. The quantitative estimate of drug-likeness (QED) is 0.0135. The number of carbonyl (C=O) groups is 4. The molecule has 4 aromatic carbocycles. The second-order valence-corrected chi connectivity index (χ2v) is 37.5. The van der Waals surface area contributed by atoms with E-state index in [1.54, 1.807) is 12.1 Å². The Bertz CT molecular complexity index is 6780. The molecule has 4 aliphatic heterocycles. The van der Waals surface area contributed by atoms with Crippen molar-refractivity contribution in [3.63, 3.8) is 0 Å². The van der Waals surface area contributed by atoms with Crippen LogP contribution in [0.1, 0.15) is 65.0 Å². The summed E-state index contributed by atoms with van der Waals surface area (Å²) in [5, 5.41) is 75.5. The van der Waals surface area contributed by atoms with E-state index in [-0.39, 0.29) is 63.4 Å². The minimum Gasteiger partial charge on any atom is -0.545 e. The Labute approximate surface area is 720 Å². The number of hydrogen-bond donors (Lipinski definition) is 16. The number of phosphoric ester groups is 2. The molecule has 48 nitrogen and oxygen atoms in total. The van der Waals surface area contributed by atoms with E-state index >= 15 is 0 Å². The molecular formula is C74H78N12O36P6. The number of phosphoric acid groups is 6. The predicted molar refractivity (Wildman–Crippen MR) is 444 cm³/mol. The molecule has 2 aliphatic carbocycles. The number of aromatic carboxylic acids is 2. The molecule has 0 spiro atoms. The maximum Gasteiger partial charge on any atom is 0.490 e. The lowest BCUT2D eigenvalue weighted by molar-refractivity contribution is -0.256. The number of anilines is 4. The van der Waals surface area contributed by atoms with Gasteiger partial charge in [-0.1, -0.05) is 35.8 Å². The number of nitrogens with zero attached hydrogens (tertiary/aromatic N) is 8. The van der Waals surface area contributed by atoms with Crippen LogP contribution < -0.4 is 73.4 Å². The van der Waals surface area contributed by atoms with Crippen LogP contribution >= 0.6 is 46.9 Å². The number of amides is 2. The summed E-state index contributed by atoms with van der Waals surface area (Å²) in [6.45, 7) is -2.97. The molecule has 6 aliphatic rings. The summed E-state index contributed by atoms with van der Waals surface area (Å²) in [6, 6.07) is 30.0. The Kier molecular flexibility index (Phi) is 29.4. The number of nitrogens with two attached hydrogens (primary N) is 2. The number of nitrogens with one attached hydrogen (secondary N) is 2. The fraction of sp³-hybridized carbons (Fsp3) is 0.270. The van der Waals surface area contributed by atoms with Crippen molar-refractivity contribution in [2.45, 2.75) is 49.1 Å². The standard InChI is InChI=1S/2C37H39N6O18P3/c1-41(2)21-8-11-24-27(15-21)58-28-16-22(42(3)4)9-12-25(28)30(24)26-14-19(7-10-23(26)36(47)48)34(46)39-13-5-6-20-17-43(37(49)40-33(20)38)35-32(45)31(44)29(59-35)18-57-63(53,54)61-64(55,56)60-62(50,51)52;1-41(2)21-8-11-24-27(15-21)58-28-16-22(42(3)4)9-12-25(28)30(24)23-10-7-19(14-26(23)36(47)48)34(46)39-13-5-6-20-17-43(37(49)40-33(20)38)35-32(45)31(44)29(59-35)18-57-63(53,54)61-64(55,56)60-62(50,51)52/h2*7-12,14-17,29,31-32,35,44-45H,13,18H2,1-4H3,(H7-,38,39,40,46,47,48,49,50,51,52,53,54,55,56)/t2*29-,31-,32-,35-/m11/s1. The van der Waals surface area contributed by atoms with Gasteiger partial charge in [0.2, 0.25) is 10.7 Å². The monoisotopic (exact) mass is 1900 g/mol. The molecule has 4 unspecified atom stereocenters. The third-order valence-electron chi connectivity index (χ3n) is 18.9. The highest BCUT2D eigenvalue weighted by Crippen LogP contribution is 2.68. The van der Waals surface area contributed by atoms with Crippen LogP contribution in [0.2, 0.25) is 0 Å². The van der Waals surface area contributed by atoms with E-state index in [0.717, 1.165) is 34.5 Å². The van der Waals surface area contributed by atoms with Gasteiger partial charge in [-0.05, 0) is 71.8 Å². The predicted octanol–water partition coefficient (Wildman–Crippen LogP) is -0.902. The molecule has 18 N–H and O–H groups in total. The Balaban J connectivity index is 0.000000248. The first-order chi connectivity index (χ1) is 59.7. The molecule has 12 rings (SSSR count). The Morgan fingerprint density at radius 3 is 1.26 bits per heavy atom. The Morgan fingerprint density at radius 2 is 0.875 bits per heavy atom. The van der Waals surface area contributed by atoms with Gasteiger partial charge in [0.1, 0.15) is 99.1 Å². The molecule has 12 atom stereocenters. The topological polar surface area (TPSA) is 718 Å². The average molecular weight is 1900 g/mol. The van der Waals surface area contributed by atoms with Crippen molar-refractivity contribution in [1.82, 2.24) is 38.9 Å². The number of nitrogen functional groups attached to an aromatic ring is 2. The number of aromatic nitrogens is 4. The molecule has 0 radical (unpaired) electrons. The lowest BCUT2D eigenvalue weighted by atomic mass is 9.89. The normalized spacial score (nSPS) is 19.3. The molecule has 6 aromatic rings. The fourth-order valence-electron chi connectivity index (χ4n) is 13.0. The molecule has 2 saturated heterocycles. The zero-order chi connectivity index (χ0) is 94.1. The van der Waals surface area contributed by atoms with Gasteiger partial charge in [0.25, 0.3) is 11.8 Å². The molecule has 54 heteroatoms. The lowest BCUT2D eigenvalue weighted by Gasteiger charge is -2.20. The number of aliphatic hydroxyl groups excluding tert-OH is 4. The van der Waals surface area contributed by atoms with Gasteiger partial charge in [-0.25, -0.2) is 46.1 Å². The molecule has 128 heavy (non-hydrogen) atoms. The van der Waals surface area contributed by atoms with Gasteiger partial charge in [0.15, 0.2) is 12.5 Å². The first kappa shape index (κ1) is 97.4. The van der Waals surface area contributed by atoms with Crippen molar-refractivity contribution >= 4 is 116 Å². The van der Waals surface area contributed by atoms with E-state index in [1.807, 2.05) is 136 Å². The van der Waals surface area contributed by atoms with Gasteiger partial charge in [0.05, 0.1) is 61.5 Å². The van der Waals surface area contributed by atoms with Crippen LogP contribution in [0.5, 0.6) is 0 Å². The molecule has 6 heterocycles. The summed E-state index contributed by atoms with van der Waals surface area (Å²) in [4.78, 5) is 161. The zero-order valence-corrected chi connectivity index (χ0v) is 72.9. The van der Waals surface area contributed by atoms with Gasteiger partial charge < -0.3 is 130 Å². The van der Waals surface area contributed by atoms with Crippen molar-refractivity contribution in [1.29, 1.82) is 0 Å². The maximum atomic E-state index is 13.5. The van der Waals surface area contributed by atoms with Crippen LogP contribution in [-0.4, -0.2) is 222 Å². The molecule has 0 bridgehead atoms. The summed E-state index contributed by atoms with van der Waals surface area (Å²) < 4.78 is 121. The van der Waals surface area contributed by atoms with Crippen molar-refractivity contribution in [3.8, 4) is 68.6 Å². The summed E-state index contributed by atoms with van der Waals surface area (Å²) in [5.74, 6) is 6.20. The number of fused-ring (bicyclic) bond motifs is 4. The van der Waals surface area contributed by atoms with Crippen LogP contribution in [0.4, 0.5) is 23.0 Å². The van der Waals surface area contributed by atoms with Gasteiger partial charge in [-0.15, -0.1) is 0 Å². The number of rotatable bonds is 26. The minimum absolute atomic E-state index is 0.0492. The summed E-state index contributed by atoms with van der Waals surface area (Å²) >= 11 is 0. The van der Waals surface area contributed by atoms with Crippen molar-refractivity contribution in [3.05, 3.63) is 187 Å². The van der Waals surface area contributed by atoms with Crippen LogP contribution in [-0.2, 0) is 63.2 Å². The largest absolute Gasteiger partial charge is 0.545 e. The van der Waals surface area contributed by atoms with E-state index in [4.69, 9.17) is 49.3 Å². The van der Waals surface area contributed by atoms with E-state index in [9.17, 15) is 106 Å². The second kappa shape index (κ2) is 38.6. The van der Waals surface area contributed by atoms with Gasteiger partial charge in [-0.2, -0.15) is 27.2 Å². The number of carboxylic acid groups (broad SMARTS) is 2. The Hall–Kier alpha value is -11.2. The van der Waals surface area contributed by atoms with Crippen molar-refractivity contribution in [2.75, 3.05) is 104 Å². The van der Waals surface area contributed by atoms with Gasteiger partial charge in [0, 0.05) is 132 Å². The van der Waals surface area contributed by atoms with E-state index < -0.39 is 150 Å². The number of aliphatic hydroxyl groups is 4. The number of ether oxygens (including phenoxy) is 2. The summed E-state index contributed by atoms with van der Waals surface area (Å²) in [5.41, 5.74) is 14.1. The second-order valence-electron chi connectivity index (χ2n) is 28.6. The Morgan fingerprint density at radius 1 is 0.492 bits per heavy atom. The van der Waals surface area contributed by atoms with E-state index in [1.165, 1.54) is 36.4 Å². The minimum atomic E-state index is -5.86. The average Bonchev–Trinajstić information content (AvgIpc) is 0.969. The van der Waals surface area contributed by atoms with Crippen molar-refractivity contribution < 1.29 is 161 Å². The van der Waals surface area contributed by atoms with Crippen LogP contribution in [0, 0.1) is 23.7 Å². The van der Waals surface area contributed by atoms with Crippen molar-refractivity contribution in [2.24, 2.45) is 0 Å². The zero-order valence-electron chi connectivity index (χ0n) is 67.6. The molecule has 680 valence electrons. The summed E-state index contributed by atoms with van der Waals surface area (Å²) in [7, 11) is -19.4. The smallest absolute Gasteiger partial charge is 0.490 e. The number of hydrogen-bond acceptors (Lipinski definition) is 34. The highest BCUT2D eigenvalue weighted by Gasteiger charge is 2.49. The summed E-state index contributed by atoms with van der Waals surface area (Å²) in [6.07, 6.45) is -12.7. The number of benzene rings is 6. The molecule has 2 amide bonds. The highest BCUT2D eigenvalue weighted by atomic mass is 31.3. The van der Waals surface area contributed by atoms with E-state index in [2.05, 4.69) is 70.6 Å². The van der Waals surface area contributed by atoms with Gasteiger partial charge >= 0.3 is 58.3 Å². The number of carbonyl (C=O) groups excluding carboxylic acids is 4. The van der Waals surface area contributed by atoms with Gasteiger partial charge in [-0.3, -0.25) is 27.8 Å². The first-order valence-corrected chi connectivity index (χ1v) is 45.7. The molecular weight excluding hydrogens is 1820 g/mol. The third-order valence-corrected chi connectivity index (χ3v) is 26.5. The van der Waals surface area contributed by atoms with E-state index in [0.29, 0.717) is 64.8 Å². The first-order valence-electron chi connectivity index (χ1n) is 36.7. The maximum absolute atomic E-state index is 13.5. The van der Waals surface area contributed by atoms with Crippen LogP contribution in [0.25, 0.3) is 66.8 Å².